The molecular formula is C26H17N5S. The number of allylic oxidation sites excluding steroid dienone is 1. The van der Waals surface area contributed by atoms with Gasteiger partial charge in [0.25, 0.3) is 0 Å². The van der Waals surface area contributed by atoms with E-state index in [0.29, 0.717) is 5.82 Å². The molecule has 0 atom stereocenters. The van der Waals surface area contributed by atoms with Gasteiger partial charge in [0.15, 0.2) is 5.82 Å². The summed E-state index contributed by atoms with van der Waals surface area (Å²) in [5, 5.41) is 2.44. The maximum Gasteiger partial charge on any atom is 0.162 e. The molecule has 0 spiro atoms. The summed E-state index contributed by atoms with van der Waals surface area (Å²) in [4.78, 5) is 17.7. The fraction of sp³-hybridized carbons (Fsp3) is 0.0769. The lowest BCUT2D eigenvalue weighted by Gasteiger charge is -2.13. The molecule has 32 heavy (non-hydrogen) atoms. The average Bonchev–Trinajstić information content (AvgIpc) is 3.38. The summed E-state index contributed by atoms with van der Waals surface area (Å²) in [5.41, 5.74) is 6.80. The van der Waals surface area contributed by atoms with E-state index in [1.807, 2.05) is 11.3 Å². The van der Waals surface area contributed by atoms with Crippen LogP contribution in [0.25, 0.3) is 54.5 Å². The van der Waals surface area contributed by atoms with Crippen LogP contribution in [0.15, 0.2) is 73.3 Å². The van der Waals surface area contributed by atoms with Gasteiger partial charge in [0, 0.05) is 38.0 Å². The van der Waals surface area contributed by atoms with Crippen molar-refractivity contribution < 1.29 is 0 Å². The first-order valence-corrected chi connectivity index (χ1v) is 11.4. The Morgan fingerprint density at radius 2 is 1.72 bits per heavy atom. The summed E-state index contributed by atoms with van der Waals surface area (Å²) in [6, 6.07) is 19.3. The van der Waals surface area contributed by atoms with Crippen LogP contribution in [-0.2, 0) is 6.42 Å². The van der Waals surface area contributed by atoms with Crippen molar-refractivity contribution in [2.24, 2.45) is 0 Å². The second-order valence-corrected chi connectivity index (χ2v) is 9.03. The van der Waals surface area contributed by atoms with Gasteiger partial charge in [-0.3, -0.25) is 4.57 Å². The number of thiophene rings is 1. The van der Waals surface area contributed by atoms with Crippen LogP contribution in [0.4, 0.5) is 0 Å². The van der Waals surface area contributed by atoms with Crippen LogP contribution < -0.4 is 0 Å². The topological polar surface area (TPSA) is 56.5 Å². The van der Waals surface area contributed by atoms with Gasteiger partial charge in [-0.25, -0.2) is 19.9 Å². The van der Waals surface area contributed by atoms with E-state index in [2.05, 4.69) is 86.3 Å². The molecule has 7 rings (SSSR count). The molecule has 0 fully saturated rings. The van der Waals surface area contributed by atoms with Crippen LogP contribution >= 0.6 is 11.3 Å². The Kier molecular flexibility index (Phi) is 3.77. The molecule has 1 aliphatic carbocycles. The van der Waals surface area contributed by atoms with Gasteiger partial charge in [-0.15, -0.1) is 11.3 Å². The van der Waals surface area contributed by atoms with Gasteiger partial charge in [-0.2, -0.15) is 0 Å². The van der Waals surface area contributed by atoms with Crippen molar-refractivity contribution in [3.63, 3.8) is 0 Å². The van der Waals surface area contributed by atoms with Gasteiger partial charge < -0.3 is 0 Å². The lowest BCUT2D eigenvalue weighted by molar-refractivity contribution is 0.884. The summed E-state index contributed by atoms with van der Waals surface area (Å²) in [6.07, 6.45) is 9.63. The number of nitrogens with zero attached hydrogens (tertiary/aromatic N) is 5. The van der Waals surface area contributed by atoms with E-state index in [0.717, 1.165) is 35.3 Å². The molecule has 0 aliphatic heterocycles. The monoisotopic (exact) mass is 431 g/mol. The second-order valence-electron chi connectivity index (χ2n) is 7.95. The number of benzene rings is 2. The van der Waals surface area contributed by atoms with E-state index in [4.69, 9.17) is 4.98 Å². The van der Waals surface area contributed by atoms with Crippen molar-refractivity contribution in [1.29, 1.82) is 0 Å². The molecule has 5 nitrogen and oxygen atoms in total. The fourth-order valence-corrected chi connectivity index (χ4v) is 5.77. The number of fused-ring (bicyclic) bond motifs is 6. The molecule has 0 saturated carbocycles. The van der Waals surface area contributed by atoms with Crippen molar-refractivity contribution >= 4 is 48.7 Å². The Balaban J connectivity index is 1.49. The molecule has 0 N–H and O–H groups in total. The van der Waals surface area contributed by atoms with Gasteiger partial charge in [-0.1, -0.05) is 30.4 Å². The van der Waals surface area contributed by atoms with E-state index < -0.39 is 0 Å². The fourth-order valence-electron chi connectivity index (χ4n) is 4.68. The second kappa shape index (κ2) is 6.80. The lowest BCUT2D eigenvalue weighted by Crippen LogP contribution is -2.03. The summed E-state index contributed by atoms with van der Waals surface area (Å²) < 4.78 is 4.85. The Morgan fingerprint density at radius 3 is 2.59 bits per heavy atom. The Hall–Kier alpha value is -3.90. The van der Waals surface area contributed by atoms with E-state index in [1.54, 1.807) is 0 Å². The number of pyridine rings is 1. The number of hydrogen-bond donors (Lipinski definition) is 0. The molecule has 0 unspecified atom stereocenters. The molecule has 0 radical (unpaired) electrons. The molecule has 0 bridgehead atoms. The number of aromatic nitrogens is 5. The third-order valence-corrected chi connectivity index (χ3v) is 7.23. The van der Waals surface area contributed by atoms with Crippen LogP contribution in [0.1, 0.15) is 17.7 Å². The van der Waals surface area contributed by atoms with Gasteiger partial charge in [-0.05, 0) is 49.2 Å². The molecule has 0 saturated heterocycles. The van der Waals surface area contributed by atoms with Gasteiger partial charge in [0.2, 0.25) is 0 Å². The molecule has 4 heterocycles. The standard InChI is InChI=1S/C26H17N5S/c1-3-7-21-18(5-1)20-13-23-24(19-6-2-4-8-22(19)32-23)30-26(20)31(21)17-11-9-16(10-12-17)25-28-14-27-15-29-25/h1-2,4-6,8-15H,3,7H2. The quantitative estimate of drug-likeness (QED) is 0.327. The third kappa shape index (κ3) is 2.56. The zero-order valence-corrected chi connectivity index (χ0v) is 17.9. The van der Waals surface area contributed by atoms with E-state index in [-0.39, 0.29) is 0 Å². The van der Waals surface area contributed by atoms with Crippen molar-refractivity contribution in [1.82, 2.24) is 24.5 Å². The average molecular weight is 432 g/mol. The number of rotatable bonds is 2. The molecule has 6 heteroatoms. The molecule has 4 aromatic heterocycles. The van der Waals surface area contributed by atoms with E-state index in [9.17, 15) is 0 Å². The highest BCUT2D eigenvalue weighted by Gasteiger charge is 2.21. The highest BCUT2D eigenvalue weighted by molar-refractivity contribution is 7.25. The highest BCUT2D eigenvalue weighted by Crippen LogP contribution is 2.39. The summed E-state index contributed by atoms with van der Waals surface area (Å²) >= 11 is 1.82. The maximum atomic E-state index is 5.23. The van der Waals surface area contributed by atoms with Crippen molar-refractivity contribution in [2.45, 2.75) is 12.8 Å². The summed E-state index contributed by atoms with van der Waals surface area (Å²) in [5.74, 6) is 0.679. The van der Waals surface area contributed by atoms with Crippen LogP contribution in [0.5, 0.6) is 0 Å². The van der Waals surface area contributed by atoms with Crippen molar-refractivity contribution in [3.8, 4) is 17.1 Å². The summed E-state index contributed by atoms with van der Waals surface area (Å²) in [6.45, 7) is 0. The zero-order chi connectivity index (χ0) is 21.1. The predicted octanol–water partition coefficient (Wildman–Crippen LogP) is 6.20. The Morgan fingerprint density at radius 1 is 0.875 bits per heavy atom. The SMILES string of the molecule is C1=Cc2c(n(-c3ccc(-c4ncncn4)cc3)c3nc4c(cc23)sc2ccccc24)CC1. The summed E-state index contributed by atoms with van der Waals surface area (Å²) in [7, 11) is 0. The minimum absolute atomic E-state index is 0.679. The number of hydrogen-bond acceptors (Lipinski definition) is 5. The predicted molar refractivity (Wildman–Crippen MR) is 130 cm³/mol. The van der Waals surface area contributed by atoms with Crippen LogP contribution in [0.2, 0.25) is 0 Å². The largest absolute Gasteiger partial charge is 0.298 e. The Labute approximate surface area is 187 Å². The minimum Gasteiger partial charge on any atom is -0.298 e. The van der Waals surface area contributed by atoms with Crippen LogP contribution in [0, 0.1) is 0 Å². The van der Waals surface area contributed by atoms with Crippen LogP contribution in [0.3, 0.4) is 0 Å². The molecule has 2 aromatic carbocycles. The van der Waals surface area contributed by atoms with E-state index in [1.165, 1.54) is 44.1 Å². The molecule has 1 aliphatic rings. The van der Waals surface area contributed by atoms with Crippen molar-refractivity contribution in [2.75, 3.05) is 0 Å². The first kappa shape index (κ1) is 17.7. The molecule has 0 amide bonds. The third-order valence-electron chi connectivity index (χ3n) is 6.12. The Bertz CT molecular complexity index is 1660. The van der Waals surface area contributed by atoms with Crippen molar-refractivity contribution in [3.05, 3.63) is 84.6 Å². The lowest BCUT2D eigenvalue weighted by atomic mass is 10.0. The van der Waals surface area contributed by atoms with Gasteiger partial charge in [0.1, 0.15) is 18.3 Å². The van der Waals surface area contributed by atoms with Gasteiger partial charge in [0.05, 0.1) is 10.2 Å². The smallest absolute Gasteiger partial charge is 0.162 e. The van der Waals surface area contributed by atoms with Gasteiger partial charge >= 0.3 is 0 Å². The highest BCUT2D eigenvalue weighted by atomic mass is 32.1. The minimum atomic E-state index is 0.679. The molecular weight excluding hydrogens is 414 g/mol. The maximum absolute atomic E-state index is 5.23. The van der Waals surface area contributed by atoms with E-state index >= 15 is 0 Å². The first-order chi connectivity index (χ1) is 15.9. The normalized spacial score (nSPS) is 13.2. The molecule has 6 aromatic rings. The zero-order valence-electron chi connectivity index (χ0n) is 17.1. The molecule has 152 valence electrons. The first-order valence-electron chi connectivity index (χ1n) is 10.6. The van der Waals surface area contributed by atoms with Crippen LogP contribution in [-0.4, -0.2) is 24.5 Å².